The summed E-state index contributed by atoms with van der Waals surface area (Å²) in [6.45, 7) is 0.484. The van der Waals surface area contributed by atoms with Gasteiger partial charge in [0.15, 0.2) is 0 Å². The quantitative estimate of drug-likeness (QED) is 0.478. The molecule has 0 atom stereocenters. The molecule has 0 unspecified atom stereocenters. The van der Waals surface area contributed by atoms with E-state index in [9.17, 15) is 19.2 Å². The molecule has 3 amide bonds. The first-order chi connectivity index (χ1) is 14.5. The molecule has 0 spiro atoms. The lowest BCUT2D eigenvalue weighted by Gasteiger charge is -2.12. The lowest BCUT2D eigenvalue weighted by Crippen LogP contribution is -2.29. The van der Waals surface area contributed by atoms with Crippen LogP contribution in [-0.4, -0.2) is 53.0 Å². The van der Waals surface area contributed by atoms with Crippen molar-refractivity contribution in [3.05, 3.63) is 58.3 Å². The number of aromatic nitrogens is 2. The van der Waals surface area contributed by atoms with Crippen LogP contribution in [0.4, 0.5) is 10.5 Å². The predicted octanol–water partition coefficient (Wildman–Crippen LogP) is 2.37. The SMILES string of the molecule is CNC(=O)c1[nH]nc2c1C(=O)C(SCCCCNC(=O)Nc1ccccc1)=CC2=O. The number of amides is 3. The van der Waals surface area contributed by atoms with E-state index in [-0.39, 0.29) is 33.7 Å². The first kappa shape index (κ1) is 21.3. The van der Waals surface area contributed by atoms with Crippen LogP contribution in [0.3, 0.4) is 0 Å². The number of unbranched alkanes of at least 4 members (excludes halogenated alkanes) is 1. The third kappa shape index (κ3) is 4.95. The van der Waals surface area contributed by atoms with Gasteiger partial charge in [-0.15, -0.1) is 11.8 Å². The van der Waals surface area contributed by atoms with E-state index in [4.69, 9.17) is 0 Å². The number of carbonyl (C=O) groups is 4. The van der Waals surface area contributed by atoms with Gasteiger partial charge in [0.25, 0.3) is 5.91 Å². The lowest BCUT2D eigenvalue weighted by atomic mass is 9.99. The fraction of sp³-hybridized carbons (Fsp3) is 0.250. The van der Waals surface area contributed by atoms with E-state index in [1.54, 1.807) is 12.1 Å². The number of benzene rings is 1. The molecule has 9 nitrogen and oxygen atoms in total. The number of thioether (sulfide) groups is 1. The minimum atomic E-state index is -0.504. The molecule has 1 aliphatic carbocycles. The maximum absolute atomic E-state index is 12.7. The molecular formula is C20H21N5O4S. The van der Waals surface area contributed by atoms with Crippen molar-refractivity contribution in [1.29, 1.82) is 0 Å². The molecule has 1 aromatic heterocycles. The number of H-pyrrole nitrogens is 1. The Morgan fingerprint density at radius 1 is 1.13 bits per heavy atom. The monoisotopic (exact) mass is 427 g/mol. The third-order valence-corrected chi connectivity index (χ3v) is 5.42. The number of hydrogen-bond donors (Lipinski definition) is 4. The lowest BCUT2D eigenvalue weighted by molar-refractivity contribution is 0.0945. The van der Waals surface area contributed by atoms with Gasteiger partial charge in [-0.3, -0.25) is 19.5 Å². The van der Waals surface area contributed by atoms with Crippen molar-refractivity contribution in [2.24, 2.45) is 0 Å². The van der Waals surface area contributed by atoms with Gasteiger partial charge in [-0.1, -0.05) is 18.2 Å². The molecule has 0 radical (unpaired) electrons. The molecule has 1 aromatic carbocycles. The Balaban J connectivity index is 1.44. The number of para-hydroxylation sites is 1. The highest BCUT2D eigenvalue weighted by molar-refractivity contribution is 8.04. The van der Waals surface area contributed by atoms with Crippen molar-refractivity contribution in [3.8, 4) is 0 Å². The van der Waals surface area contributed by atoms with Crippen LogP contribution in [0.5, 0.6) is 0 Å². The summed E-state index contributed by atoms with van der Waals surface area (Å²) >= 11 is 1.25. The summed E-state index contributed by atoms with van der Waals surface area (Å²) in [6, 6.07) is 8.86. The van der Waals surface area contributed by atoms with Crippen LogP contribution >= 0.6 is 11.8 Å². The molecule has 1 aliphatic rings. The number of hydrogen-bond acceptors (Lipinski definition) is 6. The molecule has 0 aliphatic heterocycles. The van der Waals surface area contributed by atoms with Crippen molar-refractivity contribution in [3.63, 3.8) is 0 Å². The zero-order valence-corrected chi connectivity index (χ0v) is 17.1. The van der Waals surface area contributed by atoms with Crippen molar-refractivity contribution in [2.45, 2.75) is 12.8 Å². The molecule has 30 heavy (non-hydrogen) atoms. The van der Waals surface area contributed by atoms with E-state index in [0.29, 0.717) is 24.4 Å². The molecule has 0 bridgehead atoms. The Bertz CT molecular complexity index is 1000. The Morgan fingerprint density at radius 3 is 2.63 bits per heavy atom. The number of fused-ring (bicyclic) bond motifs is 1. The van der Waals surface area contributed by atoms with Crippen LogP contribution in [0.25, 0.3) is 0 Å². The van der Waals surface area contributed by atoms with Crippen LogP contribution in [0.2, 0.25) is 0 Å². The first-order valence-electron chi connectivity index (χ1n) is 9.35. The standard InChI is InChI=1S/C20H21N5O4S/c1-21-19(28)17-15-16(24-25-17)13(26)11-14(18(15)27)30-10-6-5-9-22-20(29)23-12-7-3-2-4-8-12/h2-4,7-8,11H,5-6,9-10H2,1H3,(H,21,28)(H,24,25)(H2,22,23,29). The number of nitrogens with one attached hydrogen (secondary N) is 4. The highest BCUT2D eigenvalue weighted by Crippen LogP contribution is 2.29. The molecule has 2 aromatic rings. The Labute approximate surface area is 177 Å². The topological polar surface area (TPSA) is 133 Å². The van der Waals surface area contributed by atoms with E-state index < -0.39 is 11.7 Å². The van der Waals surface area contributed by atoms with E-state index >= 15 is 0 Å². The smallest absolute Gasteiger partial charge is 0.319 e. The first-order valence-corrected chi connectivity index (χ1v) is 10.3. The Hall–Kier alpha value is -3.40. The van der Waals surface area contributed by atoms with Gasteiger partial charge in [0.2, 0.25) is 11.6 Å². The molecule has 10 heteroatoms. The predicted molar refractivity (Wildman–Crippen MR) is 114 cm³/mol. The van der Waals surface area contributed by atoms with Gasteiger partial charge in [-0.25, -0.2) is 4.79 Å². The van der Waals surface area contributed by atoms with E-state index in [1.807, 2.05) is 18.2 Å². The second-order valence-corrected chi connectivity index (χ2v) is 7.54. The number of nitrogens with zero attached hydrogens (tertiary/aromatic N) is 1. The zero-order chi connectivity index (χ0) is 21.5. The molecule has 0 saturated heterocycles. The maximum atomic E-state index is 12.7. The summed E-state index contributed by atoms with van der Waals surface area (Å²) in [6.07, 6.45) is 2.70. The molecular weight excluding hydrogens is 406 g/mol. The maximum Gasteiger partial charge on any atom is 0.319 e. The molecule has 3 rings (SSSR count). The van der Waals surface area contributed by atoms with Gasteiger partial charge in [-0.05, 0) is 30.7 Å². The van der Waals surface area contributed by atoms with Gasteiger partial charge in [0.05, 0.1) is 10.5 Å². The zero-order valence-electron chi connectivity index (χ0n) is 16.3. The third-order valence-electron chi connectivity index (χ3n) is 4.31. The summed E-state index contributed by atoms with van der Waals surface area (Å²) in [5, 5.41) is 14.2. The van der Waals surface area contributed by atoms with Crippen LogP contribution in [0.15, 0.2) is 41.3 Å². The second-order valence-electron chi connectivity index (χ2n) is 6.41. The normalized spacial score (nSPS) is 12.8. The largest absolute Gasteiger partial charge is 0.354 e. The van der Waals surface area contributed by atoms with Gasteiger partial charge < -0.3 is 16.0 Å². The summed E-state index contributed by atoms with van der Waals surface area (Å²) in [4.78, 5) is 48.9. The van der Waals surface area contributed by atoms with Crippen LogP contribution in [-0.2, 0) is 0 Å². The number of carbonyl (C=O) groups excluding carboxylic acids is 4. The summed E-state index contributed by atoms with van der Waals surface area (Å²) in [5.74, 6) is -0.703. The van der Waals surface area contributed by atoms with Gasteiger partial charge in [-0.2, -0.15) is 5.10 Å². The number of urea groups is 1. The van der Waals surface area contributed by atoms with E-state index in [0.717, 1.165) is 6.42 Å². The van der Waals surface area contributed by atoms with Crippen molar-refractivity contribution < 1.29 is 19.2 Å². The highest BCUT2D eigenvalue weighted by atomic mass is 32.2. The minimum absolute atomic E-state index is 0.00863. The summed E-state index contributed by atoms with van der Waals surface area (Å²) < 4.78 is 0. The van der Waals surface area contributed by atoms with Crippen LogP contribution < -0.4 is 16.0 Å². The Morgan fingerprint density at radius 2 is 1.90 bits per heavy atom. The molecule has 0 fully saturated rings. The highest BCUT2D eigenvalue weighted by Gasteiger charge is 2.33. The fourth-order valence-corrected chi connectivity index (χ4v) is 3.81. The number of rotatable bonds is 8. The Kier molecular flexibility index (Phi) is 7.02. The van der Waals surface area contributed by atoms with Gasteiger partial charge >= 0.3 is 6.03 Å². The summed E-state index contributed by atoms with van der Waals surface area (Å²) in [7, 11) is 1.43. The number of aromatic amines is 1. The minimum Gasteiger partial charge on any atom is -0.354 e. The fourth-order valence-electron chi connectivity index (χ4n) is 2.82. The molecule has 156 valence electrons. The van der Waals surface area contributed by atoms with Gasteiger partial charge in [0, 0.05) is 25.4 Å². The van der Waals surface area contributed by atoms with Crippen molar-refractivity contribution in [1.82, 2.24) is 20.8 Å². The van der Waals surface area contributed by atoms with E-state index in [2.05, 4.69) is 26.1 Å². The average molecular weight is 427 g/mol. The molecule has 0 saturated carbocycles. The number of anilines is 1. The van der Waals surface area contributed by atoms with Crippen LogP contribution in [0.1, 0.15) is 44.2 Å². The number of allylic oxidation sites excluding steroid dienone is 2. The molecule has 1 heterocycles. The molecule has 4 N–H and O–H groups in total. The van der Waals surface area contributed by atoms with Crippen molar-refractivity contribution >= 4 is 41.0 Å². The average Bonchev–Trinajstić information content (AvgIpc) is 3.20. The summed E-state index contributed by atoms with van der Waals surface area (Å²) in [5.41, 5.74) is 0.693. The van der Waals surface area contributed by atoms with E-state index in [1.165, 1.54) is 24.9 Å². The van der Waals surface area contributed by atoms with Crippen LogP contribution in [0, 0.1) is 0 Å². The van der Waals surface area contributed by atoms with Crippen molar-refractivity contribution in [2.75, 3.05) is 24.7 Å². The van der Waals surface area contributed by atoms with Gasteiger partial charge in [0.1, 0.15) is 11.4 Å². The second kappa shape index (κ2) is 9.88. The number of ketones is 2. The number of Topliss-reactive ketones (excluding diaryl/α,β-unsaturated/α-hetero) is 1.